The van der Waals surface area contributed by atoms with E-state index in [1.165, 1.54) is 38.5 Å². The van der Waals surface area contributed by atoms with Crippen molar-refractivity contribution in [2.24, 2.45) is 0 Å². The van der Waals surface area contributed by atoms with Crippen molar-refractivity contribution in [3.05, 3.63) is 11.6 Å². The Morgan fingerprint density at radius 1 is 1.06 bits per heavy atom. The van der Waals surface area contributed by atoms with E-state index >= 15 is 0 Å². The van der Waals surface area contributed by atoms with E-state index in [1.54, 1.807) is 0 Å². The average molecular weight is 249 g/mol. The zero-order valence-electron chi connectivity index (χ0n) is 12.0. The maximum Gasteiger partial charge on any atom is 0.178 e. The Bertz CT molecular complexity index is 324. The lowest BCUT2D eigenvalue weighted by Gasteiger charge is -2.35. The van der Waals surface area contributed by atoms with E-state index in [0.717, 1.165) is 31.5 Å². The van der Waals surface area contributed by atoms with Crippen molar-refractivity contribution in [2.45, 2.75) is 70.8 Å². The Kier molecular flexibility index (Phi) is 4.60. The number of carbonyl (C=O) groups excluding carboxylic acids is 1. The van der Waals surface area contributed by atoms with Gasteiger partial charge in [0.25, 0.3) is 0 Å². The molecule has 0 radical (unpaired) electrons. The van der Waals surface area contributed by atoms with E-state index in [2.05, 4.69) is 24.8 Å². The second kappa shape index (κ2) is 6.01. The van der Waals surface area contributed by atoms with Crippen LogP contribution in [-0.4, -0.2) is 29.3 Å². The lowest BCUT2D eigenvalue weighted by Crippen LogP contribution is -2.49. The number of nitrogens with zero attached hydrogens (tertiary/aromatic N) is 1. The minimum absolute atomic E-state index is 0.290. The van der Waals surface area contributed by atoms with Crippen molar-refractivity contribution in [1.29, 1.82) is 0 Å². The fourth-order valence-corrected chi connectivity index (χ4v) is 3.21. The normalized spacial score (nSPS) is 23.3. The third kappa shape index (κ3) is 3.03. The minimum Gasteiger partial charge on any atom is -0.292 e. The number of likely N-dealkylation sites (tertiary alicyclic amines) is 1. The molecule has 2 rings (SSSR count). The molecular formula is C16H27NO. The van der Waals surface area contributed by atoms with Gasteiger partial charge in [-0.3, -0.25) is 9.69 Å². The van der Waals surface area contributed by atoms with Crippen LogP contribution in [0.15, 0.2) is 11.6 Å². The summed E-state index contributed by atoms with van der Waals surface area (Å²) >= 11 is 0. The summed E-state index contributed by atoms with van der Waals surface area (Å²) in [7, 11) is 0. The Morgan fingerprint density at radius 2 is 1.72 bits per heavy atom. The minimum atomic E-state index is -0.290. The molecule has 0 aromatic carbocycles. The molecule has 2 aliphatic rings. The second-order valence-corrected chi connectivity index (χ2v) is 6.26. The zero-order valence-corrected chi connectivity index (χ0v) is 12.0. The Labute approximate surface area is 111 Å². The number of carbonyl (C=O) groups is 1. The fraction of sp³-hybridized carbons (Fsp3) is 0.812. The van der Waals surface area contributed by atoms with Gasteiger partial charge in [-0.05, 0) is 71.0 Å². The van der Waals surface area contributed by atoms with Crippen LogP contribution in [0.25, 0.3) is 0 Å². The molecule has 0 aromatic rings. The first-order valence-corrected chi connectivity index (χ1v) is 7.61. The lowest BCUT2D eigenvalue weighted by molar-refractivity contribution is -0.125. The van der Waals surface area contributed by atoms with Crippen LogP contribution < -0.4 is 0 Å². The van der Waals surface area contributed by atoms with E-state index in [4.69, 9.17) is 0 Å². The fourth-order valence-electron chi connectivity index (χ4n) is 3.21. The summed E-state index contributed by atoms with van der Waals surface area (Å²) in [5.74, 6) is 0.381. The molecule has 0 amide bonds. The van der Waals surface area contributed by atoms with Gasteiger partial charge in [0.1, 0.15) is 0 Å². The Balaban J connectivity index is 2.07. The molecule has 2 nitrogen and oxygen atoms in total. The molecule has 1 saturated heterocycles. The molecular weight excluding hydrogens is 222 g/mol. The summed E-state index contributed by atoms with van der Waals surface area (Å²) in [4.78, 5) is 15.1. The maximum atomic E-state index is 12.8. The molecule has 0 bridgehead atoms. The quantitative estimate of drug-likeness (QED) is 0.760. The molecule has 102 valence electrons. The first-order chi connectivity index (χ1) is 8.62. The smallest absolute Gasteiger partial charge is 0.178 e. The van der Waals surface area contributed by atoms with Gasteiger partial charge < -0.3 is 0 Å². The Morgan fingerprint density at radius 3 is 2.44 bits per heavy atom. The molecule has 1 heterocycles. The van der Waals surface area contributed by atoms with E-state index in [0.29, 0.717) is 5.78 Å². The predicted molar refractivity (Wildman–Crippen MR) is 75.7 cm³/mol. The highest BCUT2D eigenvalue weighted by Crippen LogP contribution is 2.28. The first-order valence-electron chi connectivity index (χ1n) is 7.61. The van der Waals surface area contributed by atoms with Gasteiger partial charge in [-0.1, -0.05) is 18.9 Å². The van der Waals surface area contributed by atoms with Crippen molar-refractivity contribution in [3.8, 4) is 0 Å². The van der Waals surface area contributed by atoms with Crippen molar-refractivity contribution in [3.63, 3.8) is 0 Å². The molecule has 0 spiro atoms. The number of ketones is 1. The summed E-state index contributed by atoms with van der Waals surface area (Å²) in [6.45, 7) is 6.40. The summed E-state index contributed by atoms with van der Waals surface area (Å²) in [5.41, 5.74) is 0.813. The summed E-state index contributed by atoms with van der Waals surface area (Å²) in [5, 5.41) is 0. The number of hydrogen-bond donors (Lipinski definition) is 0. The molecule has 1 aliphatic carbocycles. The highest BCUT2D eigenvalue weighted by atomic mass is 16.1. The van der Waals surface area contributed by atoms with Gasteiger partial charge in [-0.25, -0.2) is 0 Å². The van der Waals surface area contributed by atoms with Crippen LogP contribution in [0.2, 0.25) is 0 Å². The van der Waals surface area contributed by atoms with Crippen molar-refractivity contribution < 1.29 is 4.79 Å². The van der Waals surface area contributed by atoms with Gasteiger partial charge in [0, 0.05) is 0 Å². The highest BCUT2D eigenvalue weighted by molar-refractivity contribution is 6.02. The number of Topliss-reactive ketones (excluding diaryl/α,β-unsaturated/α-hetero) is 1. The third-order valence-electron chi connectivity index (χ3n) is 4.53. The first kappa shape index (κ1) is 13.8. The topological polar surface area (TPSA) is 20.3 Å². The van der Waals surface area contributed by atoms with E-state index in [-0.39, 0.29) is 5.54 Å². The van der Waals surface area contributed by atoms with Gasteiger partial charge >= 0.3 is 0 Å². The average Bonchev–Trinajstić information content (AvgIpc) is 2.81. The van der Waals surface area contributed by atoms with Crippen LogP contribution >= 0.6 is 0 Å². The van der Waals surface area contributed by atoms with Gasteiger partial charge in [-0.2, -0.15) is 0 Å². The monoisotopic (exact) mass is 249 g/mol. The number of rotatable bonds is 3. The largest absolute Gasteiger partial charge is 0.292 e. The van der Waals surface area contributed by atoms with Crippen LogP contribution in [0.4, 0.5) is 0 Å². The molecule has 0 N–H and O–H groups in total. The van der Waals surface area contributed by atoms with Crippen LogP contribution in [0, 0.1) is 0 Å². The number of allylic oxidation sites excluding steroid dienone is 1. The van der Waals surface area contributed by atoms with E-state index in [9.17, 15) is 4.79 Å². The van der Waals surface area contributed by atoms with E-state index < -0.39 is 0 Å². The van der Waals surface area contributed by atoms with Gasteiger partial charge in [0.2, 0.25) is 0 Å². The summed E-state index contributed by atoms with van der Waals surface area (Å²) in [6, 6.07) is 0. The number of hydrogen-bond acceptors (Lipinski definition) is 2. The molecule has 1 aliphatic heterocycles. The van der Waals surface area contributed by atoms with Crippen LogP contribution in [0.3, 0.4) is 0 Å². The van der Waals surface area contributed by atoms with Crippen molar-refractivity contribution in [1.82, 2.24) is 4.90 Å². The van der Waals surface area contributed by atoms with Crippen LogP contribution in [-0.2, 0) is 4.79 Å². The molecule has 18 heavy (non-hydrogen) atoms. The van der Waals surface area contributed by atoms with E-state index in [1.807, 2.05) is 0 Å². The van der Waals surface area contributed by atoms with Crippen molar-refractivity contribution >= 4 is 5.78 Å². The molecule has 0 unspecified atom stereocenters. The standard InChI is InChI=1S/C16H27NO/c1-16(2,17-12-8-9-13-17)15(18)14-10-6-4-3-5-7-11-14/h10H,3-9,11-13H2,1-2H3. The Hall–Kier alpha value is -0.630. The molecule has 1 fully saturated rings. The molecule has 0 atom stereocenters. The van der Waals surface area contributed by atoms with Crippen LogP contribution in [0.1, 0.15) is 65.2 Å². The highest BCUT2D eigenvalue weighted by Gasteiger charge is 2.37. The molecule has 0 saturated carbocycles. The lowest BCUT2D eigenvalue weighted by atomic mass is 9.87. The SMILES string of the molecule is CC(C)(C(=O)C1=CCCCCCC1)N1CCCC1. The second-order valence-electron chi connectivity index (χ2n) is 6.26. The molecule has 0 aromatic heterocycles. The summed E-state index contributed by atoms with van der Waals surface area (Å²) in [6.07, 6.45) is 11.9. The maximum absolute atomic E-state index is 12.8. The zero-order chi connectivity index (χ0) is 13.0. The van der Waals surface area contributed by atoms with Gasteiger partial charge in [0.15, 0.2) is 5.78 Å². The summed E-state index contributed by atoms with van der Waals surface area (Å²) < 4.78 is 0. The third-order valence-corrected chi connectivity index (χ3v) is 4.53. The van der Waals surface area contributed by atoms with Gasteiger partial charge in [-0.15, -0.1) is 0 Å². The van der Waals surface area contributed by atoms with Gasteiger partial charge in [0.05, 0.1) is 5.54 Å². The molecule has 2 heteroatoms. The van der Waals surface area contributed by atoms with Crippen LogP contribution in [0.5, 0.6) is 0 Å². The van der Waals surface area contributed by atoms with Crippen molar-refractivity contribution in [2.75, 3.05) is 13.1 Å². The predicted octanol–water partition coefficient (Wildman–Crippen LogP) is 3.71.